The number of hydrogen-bond acceptors (Lipinski definition) is 4. The second kappa shape index (κ2) is 6.65. The van der Waals surface area contributed by atoms with E-state index in [4.69, 9.17) is 4.74 Å². The highest BCUT2D eigenvalue weighted by atomic mass is 16.6. The third kappa shape index (κ3) is 3.94. The van der Waals surface area contributed by atoms with E-state index in [-0.39, 0.29) is 12.1 Å². The quantitative estimate of drug-likeness (QED) is 0.921. The van der Waals surface area contributed by atoms with Gasteiger partial charge in [0, 0.05) is 32.0 Å². The summed E-state index contributed by atoms with van der Waals surface area (Å²) in [5.74, 6) is 0. The molecule has 0 radical (unpaired) electrons. The van der Waals surface area contributed by atoms with Crippen molar-refractivity contribution in [1.29, 1.82) is 0 Å². The fourth-order valence-electron chi connectivity index (χ4n) is 2.75. The van der Waals surface area contributed by atoms with Crippen molar-refractivity contribution >= 4 is 6.09 Å². The minimum absolute atomic E-state index is 0.109. The van der Waals surface area contributed by atoms with E-state index >= 15 is 0 Å². The molecule has 2 aromatic rings. The van der Waals surface area contributed by atoms with Gasteiger partial charge in [-0.1, -0.05) is 12.1 Å². The zero-order chi connectivity index (χ0) is 17.2. The van der Waals surface area contributed by atoms with Crippen LogP contribution in [-0.4, -0.2) is 46.0 Å². The van der Waals surface area contributed by atoms with Crippen LogP contribution in [0.4, 0.5) is 4.79 Å². The summed E-state index contributed by atoms with van der Waals surface area (Å²) in [7, 11) is 0. The first-order valence-corrected chi connectivity index (χ1v) is 8.24. The van der Waals surface area contributed by atoms with Crippen molar-refractivity contribution in [3.05, 3.63) is 48.3 Å². The number of carbonyl (C=O) groups is 1. The second-order valence-corrected chi connectivity index (χ2v) is 6.98. The topological polar surface area (TPSA) is 59.4 Å². The van der Waals surface area contributed by atoms with Crippen LogP contribution >= 0.6 is 0 Å². The van der Waals surface area contributed by atoms with E-state index in [1.807, 2.05) is 49.8 Å². The van der Waals surface area contributed by atoms with Crippen LogP contribution in [-0.2, 0) is 4.74 Å². The van der Waals surface area contributed by atoms with E-state index in [0.29, 0.717) is 13.1 Å². The molecule has 0 saturated carbocycles. The molecule has 24 heavy (non-hydrogen) atoms. The highest BCUT2D eigenvalue weighted by Crippen LogP contribution is 2.20. The molecule has 2 heterocycles. The second-order valence-electron chi connectivity index (χ2n) is 6.98. The largest absolute Gasteiger partial charge is 0.444 e. The van der Waals surface area contributed by atoms with Crippen molar-refractivity contribution in [1.82, 2.24) is 20.0 Å². The monoisotopic (exact) mass is 328 g/mol. The van der Waals surface area contributed by atoms with Crippen LogP contribution in [0.1, 0.15) is 32.4 Å². The Hall–Kier alpha value is -2.34. The van der Waals surface area contributed by atoms with Crippen molar-refractivity contribution < 1.29 is 9.53 Å². The molecule has 0 bridgehead atoms. The van der Waals surface area contributed by atoms with Crippen LogP contribution in [0.2, 0.25) is 0 Å². The first-order chi connectivity index (χ1) is 11.4. The smallest absolute Gasteiger partial charge is 0.410 e. The average molecular weight is 328 g/mol. The molecule has 0 spiro atoms. The Morgan fingerprint density at radius 3 is 2.67 bits per heavy atom. The van der Waals surface area contributed by atoms with Gasteiger partial charge in [0.2, 0.25) is 0 Å². The van der Waals surface area contributed by atoms with Gasteiger partial charge in [0.15, 0.2) is 0 Å². The summed E-state index contributed by atoms with van der Waals surface area (Å²) >= 11 is 0. The number of rotatable bonds is 2. The number of ether oxygens (including phenoxy) is 1. The van der Waals surface area contributed by atoms with Crippen molar-refractivity contribution in [2.24, 2.45) is 0 Å². The maximum atomic E-state index is 12.3. The molecule has 6 nitrogen and oxygen atoms in total. The maximum absolute atomic E-state index is 12.3. The van der Waals surface area contributed by atoms with Crippen molar-refractivity contribution in [3.8, 4) is 5.69 Å². The molecule has 1 aliphatic heterocycles. The zero-order valence-corrected chi connectivity index (χ0v) is 14.4. The predicted molar refractivity (Wildman–Crippen MR) is 92.1 cm³/mol. The van der Waals surface area contributed by atoms with Crippen LogP contribution in [0, 0.1) is 0 Å². The van der Waals surface area contributed by atoms with Gasteiger partial charge in [-0.15, -0.1) is 0 Å². The van der Waals surface area contributed by atoms with Gasteiger partial charge in [0.1, 0.15) is 5.60 Å². The Morgan fingerprint density at radius 1 is 1.29 bits per heavy atom. The van der Waals surface area contributed by atoms with Crippen molar-refractivity contribution in [3.63, 3.8) is 0 Å². The number of nitrogens with zero attached hydrogens (tertiary/aromatic N) is 3. The molecule has 1 amide bonds. The Balaban J connectivity index is 1.67. The average Bonchev–Trinajstić information content (AvgIpc) is 3.08. The Labute approximate surface area is 142 Å². The third-order valence-electron chi connectivity index (χ3n) is 3.89. The Kier molecular flexibility index (Phi) is 4.57. The molecule has 1 aromatic heterocycles. The minimum atomic E-state index is -0.469. The summed E-state index contributed by atoms with van der Waals surface area (Å²) in [5.41, 5.74) is 1.70. The first-order valence-electron chi connectivity index (χ1n) is 8.24. The lowest BCUT2D eigenvalue weighted by atomic mass is 10.0. The molecule has 1 aromatic carbocycles. The van der Waals surface area contributed by atoms with Gasteiger partial charge in [-0.25, -0.2) is 9.48 Å². The van der Waals surface area contributed by atoms with Crippen molar-refractivity contribution in [2.45, 2.75) is 32.4 Å². The van der Waals surface area contributed by atoms with Crippen LogP contribution in [0.25, 0.3) is 5.69 Å². The summed E-state index contributed by atoms with van der Waals surface area (Å²) in [4.78, 5) is 14.0. The van der Waals surface area contributed by atoms with Crippen LogP contribution < -0.4 is 5.32 Å². The molecule has 1 atom stereocenters. The van der Waals surface area contributed by atoms with Gasteiger partial charge in [-0.05, 0) is 44.5 Å². The predicted octanol–water partition coefficient (Wildman–Crippen LogP) is 2.75. The molecule has 1 aliphatic rings. The number of piperazine rings is 1. The van der Waals surface area contributed by atoms with Gasteiger partial charge < -0.3 is 15.0 Å². The summed E-state index contributed by atoms with van der Waals surface area (Å²) in [5, 5.41) is 7.70. The molecule has 1 fully saturated rings. The molecule has 1 saturated heterocycles. The third-order valence-corrected chi connectivity index (χ3v) is 3.89. The highest BCUT2D eigenvalue weighted by Gasteiger charge is 2.27. The standard InChI is InChI=1S/C18H24N4O2/c1-18(2,3)24-17(23)21-12-10-19-16(13-21)14-5-7-15(8-6-14)22-11-4-9-20-22/h4-9,11,16,19H,10,12-13H2,1-3H3. The lowest BCUT2D eigenvalue weighted by molar-refractivity contribution is 0.0195. The Morgan fingerprint density at radius 2 is 2.04 bits per heavy atom. The highest BCUT2D eigenvalue weighted by molar-refractivity contribution is 5.68. The fraction of sp³-hybridized carbons (Fsp3) is 0.444. The SMILES string of the molecule is CC(C)(C)OC(=O)N1CCNC(c2ccc(-n3cccn3)cc2)C1. The van der Waals surface area contributed by atoms with Gasteiger partial charge in [0.25, 0.3) is 0 Å². The molecular weight excluding hydrogens is 304 g/mol. The normalized spacial score (nSPS) is 18.5. The van der Waals surface area contributed by atoms with Crippen LogP contribution in [0.3, 0.4) is 0 Å². The van der Waals surface area contributed by atoms with E-state index < -0.39 is 5.60 Å². The first kappa shape index (κ1) is 16.5. The Bertz CT molecular complexity index is 674. The molecule has 3 rings (SSSR count). The number of benzene rings is 1. The lowest BCUT2D eigenvalue weighted by Crippen LogP contribution is -2.49. The van der Waals surface area contributed by atoms with Crippen LogP contribution in [0.15, 0.2) is 42.7 Å². The molecule has 6 heteroatoms. The summed E-state index contributed by atoms with van der Waals surface area (Å²) in [6.07, 6.45) is 3.43. The van der Waals surface area contributed by atoms with Gasteiger partial charge in [-0.2, -0.15) is 5.10 Å². The van der Waals surface area contributed by atoms with Gasteiger partial charge in [-0.3, -0.25) is 0 Å². The summed E-state index contributed by atoms with van der Waals surface area (Å²) in [6, 6.07) is 10.2. The summed E-state index contributed by atoms with van der Waals surface area (Å²) < 4.78 is 7.30. The van der Waals surface area contributed by atoms with Crippen molar-refractivity contribution in [2.75, 3.05) is 19.6 Å². The number of aromatic nitrogens is 2. The molecular formula is C18H24N4O2. The van der Waals surface area contributed by atoms with E-state index in [9.17, 15) is 4.79 Å². The van der Waals surface area contributed by atoms with Crippen LogP contribution in [0.5, 0.6) is 0 Å². The molecule has 0 aliphatic carbocycles. The van der Waals surface area contributed by atoms with E-state index in [1.165, 1.54) is 0 Å². The van der Waals surface area contributed by atoms with Gasteiger partial charge in [0.05, 0.1) is 11.7 Å². The molecule has 1 N–H and O–H groups in total. The van der Waals surface area contributed by atoms with E-state index in [2.05, 4.69) is 22.5 Å². The lowest BCUT2D eigenvalue weighted by Gasteiger charge is -2.35. The number of amides is 1. The number of hydrogen-bond donors (Lipinski definition) is 1. The fourth-order valence-corrected chi connectivity index (χ4v) is 2.75. The number of nitrogens with one attached hydrogen (secondary N) is 1. The van der Waals surface area contributed by atoms with E-state index in [0.717, 1.165) is 17.8 Å². The maximum Gasteiger partial charge on any atom is 0.410 e. The molecule has 1 unspecified atom stereocenters. The van der Waals surface area contributed by atoms with Gasteiger partial charge >= 0.3 is 6.09 Å². The minimum Gasteiger partial charge on any atom is -0.444 e. The molecule has 128 valence electrons. The number of carbonyl (C=O) groups excluding carboxylic acids is 1. The van der Waals surface area contributed by atoms with E-state index in [1.54, 1.807) is 11.1 Å². The zero-order valence-electron chi connectivity index (χ0n) is 14.4. The summed E-state index contributed by atoms with van der Waals surface area (Å²) in [6.45, 7) is 7.69.